The minimum absolute atomic E-state index is 0.0570. The molecule has 1 aromatic heterocycles. The number of benzene rings is 2. The van der Waals surface area contributed by atoms with Crippen molar-refractivity contribution in [1.29, 1.82) is 0 Å². The van der Waals surface area contributed by atoms with E-state index < -0.39 is 5.66 Å². The fraction of sp³-hybridized carbons (Fsp3) is 0.500. The predicted molar refractivity (Wildman–Crippen MR) is 176 cm³/mol. The van der Waals surface area contributed by atoms with Crippen molar-refractivity contribution in [3.05, 3.63) is 83.2 Å². The number of tetrazole rings is 1. The Bertz CT molecular complexity index is 1590. The predicted octanol–water partition coefficient (Wildman–Crippen LogP) is 6.19. The average molecular weight is 624 g/mol. The number of hydrogen-bond acceptors (Lipinski definition) is 7. The first-order chi connectivity index (χ1) is 22.1. The number of aliphatic imine (C=N–C) groups is 1. The monoisotopic (exact) mass is 623 g/mol. The molecular weight excluding hydrogens is 578 g/mol. The lowest BCUT2D eigenvalue weighted by Gasteiger charge is -2.44. The van der Waals surface area contributed by atoms with Gasteiger partial charge in [-0.2, -0.15) is 5.21 Å². The third-order valence-electron chi connectivity index (χ3n) is 9.18. The number of hydrogen-bond donors (Lipinski definition) is 2. The summed E-state index contributed by atoms with van der Waals surface area (Å²) in [5.41, 5.74) is 2.18. The third-order valence-corrected chi connectivity index (χ3v) is 9.18. The van der Waals surface area contributed by atoms with Gasteiger partial charge in [-0.1, -0.05) is 82.2 Å². The molecule has 242 valence electrons. The van der Waals surface area contributed by atoms with Gasteiger partial charge in [-0.3, -0.25) is 14.6 Å². The van der Waals surface area contributed by atoms with Crippen LogP contribution in [-0.2, 0) is 11.3 Å². The molecule has 3 aliphatic rings. The SMILES string of the molecule is CC1C=CCC2(C1)N=C(c1cccc(OCCC3CC3)c1)C(=O)N2[C@H](CCC(C)(C)C)c1ccc(C(=O)NCc2nn[nH]n2)cc1. The van der Waals surface area contributed by atoms with Crippen LogP contribution in [0.1, 0.15) is 106 Å². The number of ether oxygens (including phenoxy) is 1. The van der Waals surface area contributed by atoms with Crippen LogP contribution in [0.3, 0.4) is 0 Å². The van der Waals surface area contributed by atoms with Crippen LogP contribution in [0.4, 0.5) is 0 Å². The van der Waals surface area contributed by atoms with E-state index in [1.165, 1.54) is 12.8 Å². The lowest BCUT2D eigenvalue weighted by molar-refractivity contribution is -0.132. The Kier molecular flexibility index (Phi) is 9.06. The number of carbonyl (C=O) groups is 2. The highest BCUT2D eigenvalue weighted by atomic mass is 16.5. The van der Waals surface area contributed by atoms with E-state index in [1.54, 1.807) is 0 Å². The van der Waals surface area contributed by atoms with Gasteiger partial charge in [0.15, 0.2) is 5.82 Å². The maximum absolute atomic E-state index is 14.7. The molecule has 2 aliphatic carbocycles. The van der Waals surface area contributed by atoms with Gasteiger partial charge in [0.1, 0.15) is 17.1 Å². The Morgan fingerprint density at radius 1 is 1.17 bits per heavy atom. The van der Waals surface area contributed by atoms with Crippen molar-refractivity contribution in [3.63, 3.8) is 0 Å². The average Bonchev–Trinajstić information content (AvgIpc) is 3.62. The van der Waals surface area contributed by atoms with E-state index in [0.29, 0.717) is 30.1 Å². The van der Waals surface area contributed by atoms with Crippen molar-refractivity contribution in [3.8, 4) is 5.75 Å². The topological polar surface area (TPSA) is 125 Å². The highest BCUT2D eigenvalue weighted by molar-refractivity contribution is 6.46. The molecule has 2 N–H and O–H groups in total. The van der Waals surface area contributed by atoms with Crippen molar-refractivity contribution in [2.75, 3.05) is 6.61 Å². The quantitative estimate of drug-likeness (QED) is 0.232. The van der Waals surface area contributed by atoms with Crippen molar-refractivity contribution in [1.82, 2.24) is 30.8 Å². The van der Waals surface area contributed by atoms with Crippen LogP contribution in [0, 0.1) is 17.3 Å². The summed E-state index contributed by atoms with van der Waals surface area (Å²) in [6.07, 6.45) is 11.2. The Hall–Kier alpha value is -4.34. The highest BCUT2D eigenvalue weighted by Gasteiger charge is 2.51. The van der Waals surface area contributed by atoms with E-state index in [4.69, 9.17) is 9.73 Å². The Labute approximate surface area is 271 Å². The van der Waals surface area contributed by atoms with Crippen LogP contribution in [0.5, 0.6) is 5.75 Å². The first-order valence-corrected chi connectivity index (χ1v) is 16.5. The van der Waals surface area contributed by atoms with Crippen molar-refractivity contribution in [2.45, 2.75) is 90.9 Å². The molecule has 0 bridgehead atoms. The van der Waals surface area contributed by atoms with Gasteiger partial charge in [0.25, 0.3) is 11.8 Å². The van der Waals surface area contributed by atoms with Gasteiger partial charge in [0, 0.05) is 17.5 Å². The van der Waals surface area contributed by atoms with Gasteiger partial charge in [0.2, 0.25) is 0 Å². The Morgan fingerprint density at radius 3 is 2.67 bits per heavy atom. The maximum atomic E-state index is 14.7. The summed E-state index contributed by atoms with van der Waals surface area (Å²) < 4.78 is 6.10. The van der Waals surface area contributed by atoms with E-state index in [-0.39, 0.29) is 35.7 Å². The number of aromatic amines is 1. The number of nitrogens with zero attached hydrogens (tertiary/aromatic N) is 5. The second-order valence-corrected chi connectivity index (χ2v) is 14.3. The minimum atomic E-state index is -0.688. The fourth-order valence-corrected chi connectivity index (χ4v) is 6.55. The largest absolute Gasteiger partial charge is 0.494 e. The molecule has 10 nitrogen and oxygen atoms in total. The van der Waals surface area contributed by atoms with E-state index in [9.17, 15) is 9.59 Å². The van der Waals surface area contributed by atoms with E-state index >= 15 is 0 Å². The van der Waals surface area contributed by atoms with Crippen LogP contribution in [0.2, 0.25) is 0 Å². The highest BCUT2D eigenvalue weighted by Crippen LogP contribution is 2.46. The number of nitrogens with one attached hydrogen (secondary N) is 2. The Balaban J connectivity index is 1.30. The zero-order valence-electron chi connectivity index (χ0n) is 27.3. The lowest BCUT2D eigenvalue weighted by Crippen LogP contribution is -2.50. The molecule has 46 heavy (non-hydrogen) atoms. The lowest BCUT2D eigenvalue weighted by atomic mass is 9.82. The van der Waals surface area contributed by atoms with Gasteiger partial charge in [-0.15, -0.1) is 10.2 Å². The van der Waals surface area contributed by atoms with E-state index in [2.05, 4.69) is 70.7 Å². The first-order valence-electron chi connectivity index (χ1n) is 16.5. The summed E-state index contributed by atoms with van der Waals surface area (Å²) in [6, 6.07) is 15.2. The zero-order valence-corrected chi connectivity index (χ0v) is 27.3. The number of rotatable bonds is 12. The molecule has 1 fully saturated rings. The normalized spacial score (nSPS) is 21.8. The van der Waals surface area contributed by atoms with Crippen LogP contribution >= 0.6 is 0 Å². The molecule has 1 saturated carbocycles. The third kappa shape index (κ3) is 7.37. The molecule has 3 atom stereocenters. The second-order valence-electron chi connectivity index (χ2n) is 14.3. The van der Waals surface area contributed by atoms with Crippen molar-refractivity contribution < 1.29 is 14.3 Å². The summed E-state index contributed by atoms with van der Waals surface area (Å²) in [7, 11) is 0. The van der Waals surface area contributed by atoms with Gasteiger partial charge in [-0.05, 0) is 72.8 Å². The number of allylic oxidation sites excluding steroid dienone is 1. The van der Waals surface area contributed by atoms with Crippen LogP contribution in [0.15, 0.2) is 65.7 Å². The van der Waals surface area contributed by atoms with Crippen molar-refractivity contribution in [2.24, 2.45) is 22.2 Å². The van der Waals surface area contributed by atoms with Gasteiger partial charge >= 0.3 is 0 Å². The molecule has 2 aromatic carbocycles. The van der Waals surface area contributed by atoms with Gasteiger partial charge < -0.3 is 15.0 Å². The molecule has 2 unspecified atom stereocenters. The van der Waals surface area contributed by atoms with Crippen LogP contribution < -0.4 is 10.1 Å². The number of carbonyl (C=O) groups excluding carboxylic acids is 2. The van der Waals surface area contributed by atoms with Crippen LogP contribution in [0.25, 0.3) is 0 Å². The maximum Gasteiger partial charge on any atom is 0.275 e. The number of H-pyrrole nitrogens is 1. The standard InChI is InChI=1S/C36H45N7O3/c1-24-7-6-18-36(22-24)38-32(28-8-5-9-29(21-28)46-20-17-25-10-11-25)34(45)43(36)30(16-19-35(2,3)4)26-12-14-27(15-13-26)33(44)37-23-31-39-41-42-40-31/h5-9,12-15,21,24-25,30H,10-11,16-20,22-23H2,1-4H3,(H,37,44)(H,39,40,41,42)/t24?,30-,36?/m1/s1. The zero-order chi connectivity index (χ0) is 32.3. The van der Waals surface area contributed by atoms with E-state index in [1.807, 2.05) is 48.5 Å². The number of amides is 2. The molecule has 2 amide bonds. The van der Waals surface area contributed by atoms with Gasteiger partial charge in [0.05, 0.1) is 19.2 Å². The molecule has 3 aromatic rings. The fourth-order valence-electron chi connectivity index (χ4n) is 6.55. The first kappa shape index (κ1) is 31.6. The van der Waals surface area contributed by atoms with Crippen LogP contribution in [-0.4, -0.2) is 55.3 Å². The summed E-state index contributed by atoms with van der Waals surface area (Å²) >= 11 is 0. The van der Waals surface area contributed by atoms with Gasteiger partial charge in [-0.25, -0.2) is 0 Å². The molecule has 0 radical (unpaired) electrons. The molecule has 1 aliphatic heterocycles. The summed E-state index contributed by atoms with van der Waals surface area (Å²) in [4.78, 5) is 34.9. The molecule has 0 saturated heterocycles. The summed E-state index contributed by atoms with van der Waals surface area (Å²) in [5, 5.41) is 16.5. The van der Waals surface area contributed by atoms with Crippen molar-refractivity contribution >= 4 is 17.5 Å². The Morgan fingerprint density at radius 2 is 1.98 bits per heavy atom. The molecule has 2 heterocycles. The van der Waals surface area contributed by atoms with E-state index in [0.717, 1.165) is 48.5 Å². The molecule has 10 heteroatoms. The molecular formula is C36H45N7O3. The molecule has 1 spiro atoms. The smallest absolute Gasteiger partial charge is 0.275 e. The minimum Gasteiger partial charge on any atom is -0.494 e. The second kappa shape index (κ2) is 13.2. The molecule has 6 rings (SSSR count). The summed E-state index contributed by atoms with van der Waals surface area (Å²) in [5.74, 6) is 1.97. The summed E-state index contributed by atoms with van der Waals surface area (Å²) in [6.45, 7) is 9.73. The number of aromatic nitrogens is 4.